The van der Waals surface area contributed by atoms with Crippen molar-refractivity contribution in [3.05, 3.63) is 92.9 Å². The molecule has 33 heavy (non-hydrogen) atoms. The van der Waals surface area contributed by atoms with Gasteiger partial charge in [-0.25, -0.2) is 8.78 Å². The van der Waals surface area contributed by atoms with Crippen LogP contribution in [-0.4, -0.2) is 20.9 Å². The van der Waals surface area contributed by atoms with Crippen molar-refractivity contribution >= 4 is 40.7 Å². The maximum absolute atomic E-state index is 13.8. The van der Waals surface area contributed by atoms with Gasteiger partial charge in [0, 0.05) is 33.3 Å². The number of aromatic nitrogens is 3. The molecule has 0 saturated carbocycles. The summed E-state index contributed by atoms with van der Waals surface area (Å²) in [4.78, 5) is 13.7. The molecule has 4 rings (SSSR count). The van der Waals surface area contributed by atoms with Gasteiger partial charge in [-0.3, -0.25) is 4.79 Å². The Kier molecular flexibility index (Phi) is 6.93. The summed E-state index contributed by atoms with van der Waals surface area (Å²) in [6.07, 6.45) is 0. The SMILES string of the molecule is O=C(Cn1nc(-c2ccc(Cl)cc2)c(-c2ccc(Cl)cc2Cl)n1)NCc1cc(F)ccc1F. The van der Waals surface area contributed by atoms with E-state index in [1.54, 1.807) is 42.5 Å². The van der Waals surface area contributed by atoms with E-state index in [-0.39, 0.29) is 18.7 Å². The lowest BCUT2D eigenvalue weighted by Gasteiger charge is -2.06. The minimum Gasteiger partial charge on any atom is -0.350 e. The van der Waals surface area contributed by atoms with E-state index < -0.39 is 17.5 Å². The first-order valence-corrected chi connectivity index (χ1v) is 10.8. The first-order valence-electron chi connectivity index (χ1n) is 9.67. The van der Waals surface area contributed by atoms with Gasteiger partial charge in [0.2, 0.25) is 5.91 Å². The summed E-state index contributed by atoms with van der Waals surface area (Å²) in [5.74, 6) is -1.69. The molecule has 4 aromatic rings. The molecule has 5 nitrogen and oxygen atoms in total. The molecule has 0 unspecified atom stereocenters. The predicted molar refractivity (Wildman–Crippen MR) is 124 cm³/mol. The van der Waals surface area contributed by atoms with E-state index >= 15 is 0 Å². The monoisotopic (exact) mass is 506 g/mol. The van der Waals surface area contributed by atoms with Gasteiger partial charge in [0.15, 0.2) is 0 Å². The number of carbonyl (C=O) groups excluding carboxylic acids is 1. The third kappa shape index (κ3) is 5.50. The average Bonchev–Trinajstić information content (AvgIpc) is 3.18. The van der Waals surface area contributed by atoms with Crippen LogP contribution in [0.5, 0.6) is 0 Å². The minimum absolute atomic E-state index is 0.0345. The zero-order chi connectivity index (χ0) is 23.5. The first kappa shape index (κ1) is 23.2. The van der Waals surface area contributed by atoms with Gasteiger partial charge in [0.25, 0.3) is 0 Å². The number of carbonyl (C=O) groups is 1. The smallest absolute Gasteiger partial charge is 0.243 e. The molecular formula is C23H15Cl3F2N4O. The van der Waals surface area contributed by atoms with Crippen LogP contribution in [0.2, 0.25) is 15.1 Å². The topological polar surface area (TPSA) is 59.8 Å². The zero-order valence-corrected chi connectivity index (χ0v) is 19.1. The molecular weight excluding hydrogens is 493 g/mol. The van der Waals surface area contributed by atoms with E-state index in [1.807, 2.05) is 0 Å². The van der Waals surface area contributed by atoms with Crippen molar-refractivity contribution in [2.24, 2.45) is 0 Å². The third-order valence-electron chi connectivity index (χ3n) is 4.73. The highest BCUT2D eigenvalue weighted by Gasteiger charge is 2.19. The first-order chi connectivity index (χ1) is 15.8. The van der Waals surface area contributed by atoms with E-state index in [2.05, 4.69) is 15.5 Å². The van der Waals surface area contributed by atoms with Crippen molar-refractivity contribution in [3.8, 4) is 22.5 Å². The van der Waals surface area contributed by atoms with Gasteiger partial charge in [0.05, 0.1) is 5.02 Å². The molecule has 168 valence electrons. The predicted octanol–water partition coefficient (Wildman–Crippen LogP) is 6.17. The summed E-state index contributed by atoms with van der Waals surface area (Å²) in [5, 5.41) is 12.8. The van der Waals surface area contributed by atoms with Crippen LogP contribution < -0.4 is 5.32 Å². The number of nitrogens with zero attached hydrogens (tertiary/aromatic N) is 3. The normalized spacial score (nSPS) is 10.9. The van der Waals surface area contributed by atoms with Gasteiger partial charge in [-0.05, 0) is 48.5 Å². The molecule has 0 aliphatic carbocycles. The maximum atomic E-state index is 13.8. The van der Waals surface area contributed by atoms with Crippen molar-refractivity contribution in [2.45, 2.75) is 13.1 Å². The van der Waals surface area contributed by atoms with Gasteiger partial charge in [-0.1, -0.05) is 46.9 Å². The molecule has 0 bridgehead atoms. The second kappa shape index (κ2) is 9.87. The molecule has 3 aromatic carbocycles. The highest BCUT2D eigenvalue weighted by molar-refractivity contribution is 6.36. The summed E-state index contributed by atoms with van der Waals surface area (Å²) in [6.45, 7) is -0.424. The van der Waals surface area contributed by atoms with Gasteiger partial charge in [-0.15, -0.1) is 0 Å². The molecule has 0 fully saturated rings. The number of rotatable bonds is 6. The number of amides is 1. The van der Waals surface area contributed by atoms with Gasteiger partial charge < -0.3 is 5.32 Å². The Labute approximate surface area is 202 Å². The number of hydrogen-bond acceptors (Lipinski definition) is 3. The van der Waals surface area contributed by atoms with Crippen molar-refractivity contribution < 1.29 is 13.6 Å². The van der Waals surface area contributed by atoms with E-state index in [0.29, 0.717) is 37.6 Å². The van der Waals surface area contributed by atoms with Crippen LogP contribution >= 0.6 is 34.8 Å². The fourth-order valence-electron chi connectivity index (χ4n) is 3.14. The van der Waals surface area contributed by atoms with Crippen molar-refractivity contribution in [2.75, 3.05) is 0 Å². The summed E-state index contributed by atoms with van der Waals surface area (Å²) < 4.78 is 27.1. The molecule has 0 aliphatic rings. The van der Waals surface area contributed by atoms with Gasteiger partial charge in [0.1, 0.15) is 29.6 Å². The van der Waals surface area contributed by atoms with Gasteiger partial charge in [-0.2, -0.15) is 15.0 Å². The molecule has 0 spiro atoms. The number of nitrogens with one attached hydrogen (secondary N) is 1. The van der Waals surface area contributed by atoms with Crippen LogP contribution in [0.4, 0.5) is 8.78 Å². The van der Waals surface area contributed by atoms with E-state index in [9.17, 15) is 13.6 Å². The largest absolute Gasteiger partial charge is 0.350 e. The second-order valence-corrected chi connectivity index (χ2v) is 8.35. The lowest BCUT2D eigenvalue weighted by atomic mass is 10.1. The minimum atomic E-state index is -0.612. The van der Waals surface area contributed by atoms with Crippen LogP contribution in [0.3, 0.4) is 0 Å². The van der Waals surface area contributed by atoms with E-state index in [1.165, 1.54) is 4.80 Å². The third-order valence-corrected chi connectivity index (χ3v) is 5.53. The molecule has 10 heteroatoms. The van der Waals surface area contributed by atoms with Crippen LogP contribution in [0.15, 0.2) is 60.7 Å². The summed E-state index contributed by atoms with van der Waals surface area (Å²) in [6, 6.07) is 15.0. The molecule has 0 radical (unpaired) electrons. The fraction of sp³-hybridized carbons (Fsp3) is 0.0870. The highest BCUT2D eigenvalue weighted by Crippen LogP contribution is 2.35. The quantitative estimate of drug-likeness (QED) is 0.340. The fourth-order valence-corrected chi connectivity index (χ4v) is 3.76. The van der Waals surface area contributed by atoms with Gasteiger partial charge >= 0.3 is 0 Å². The van der Waals surface area contributed by atoms with Crippen LogP contribution in [-0.2, 0) is 17.9 Å². The molecule has 1 N–H and O–H groups in total. The summed E-state index contributed by atoms with van der Waals surface area (Å²) in [5.41, 5.74) is 2.27. The molecule has 0 atom stereocenters. The summed E-state index contributed by atoms with van der Waals surface area (Å²) >= 11 is 18.4. The molecule has 1 heterocycles. The second-order valence-electron chi connectivity index (χ2n) is 7.07. The zero-order valence-electron chi connectivity index (χ0n) is 16.8. The lowest BCUT2D eigenvalue weighted by molar-refractivity contribution is -0.122. The molecule has 0 saturated heterocycles. The van der Waals surface area contributed by atoms with E-state index in [4.69, 9.17) is 34.8 Å². The molecule has 1 amide bonds. The molecule has 0 aliphatic heterocycles. The van der Waals surface area contributed by atoms with Crippen molar-refractivity contribution in [1.29, 1.82) is 0 Å². The van der Waals surface area contributed by atoms with Crippen molar-refractivity contribution in [3.63, 3.8) is 0 Å². The Hall–Kier alpha value is -3.00. The number of halogens is 5. The Bertz CT molecular complexity index is 1330. The Morgan fingerprint density at radius 1 is 0.879 bits per heavy atom. The highest BCUT2D eigenvalue weighted by atomic mass is 35.5. The number of benzene rings is 3. The van der Waals surface area contributed by atoms with E-state index in [0.717, 1.165) is 18.2 Å². The van der Waals surface area contributed by atoms with Crippen LogP contribution in [0.1, 0.15) is 5.56 Å². The standard InChI is InChI=1S/C23H15Cl3F2N4O/c24-15-3-1-13(2-4-15)22-23(18-7-5-16(25)10-19(18)26)31-32(30-22)12-21(33)29-11-14-9-17(27)6-8-20(14)28/h1-10H,11-12H2,(H,29,33). The Balaban J connectivity index is 1.61. The van der Waals surface area contributed by atoms with Crippen molar-refractivity contribution in [1.82, 2.24) is 20.3 Å². The average molecular weight is 508 g/mol. The number of hydrogen-bond donors (Lipinski definition) is 1. The Morgan fingerprint density at radius 3 is 2.30 bits per heavy atom. The lowest BCUT2D eigenvalue weighted by Crippen LogP contribution is -2.28. The van der Waals surface area contributed by atoms with Crippen LogP contribution in [0.25, 0.3) is 22.5 Å². The maximum Gasteiger partial charge on any atom is 0.243 e. The molecule has 1 aromatic heterocycles. The Morgan fingerprint density at radius 2 is 1.58 bits per heavy atom. The van der Waals surface area contributed by atoms with Crippen LogP contribution in [0, 0.1) is 11.6 Å². The summed E-state index contributed by atoms with van der Waals surface area (Å²) in [7, 11) is 0.